The van der Waals surface area contributed by atoms with E-state index in [0.29, 0.717) is 0 Å². The molecule has 1 amide bonds. The first-order valence-electron chi connectivity index (χ1n) is 10.2. The number of fused-ring (bicyclic) bond motifs is 2. The Balaban J connectivity index is 1.58. The molecular weight excluding hydrogens is 344 g/mol. The fourth-order valence-electron chi connectivity index (χ4n) is 6.08. The zero-order chi connectivity index (χ0) is 18.6. The summed E-state index contributed by atoms with van der Waals surface area (Å²) in [6.45, 7) is 10.5. The number of aliphatic hydroxyl groups excluding tert-OH is 1. The minimum Gasteiger partial charge on any atom is -0.392 e. The van der Waals surface area contributed by atoms with Crippen LogP contribution >= 0.6 is 11.3 Å². The van der Waals surface area contributed by atoms with Crippen molar-refractivity contribution in [2.75, 3.05) is 13.1 Å². The molecule has 2 aliphatic carbocycles. The van der Waals surface area contributed by atoms with Gasteiger partial charge in [-0.1, -0.05) is 20.8 Å². The van der Waals surface area contributed by atoms with Crippen molar-refractivity contribution in [3.05, 3.63) is 15.6 Å². The largest absolute Gasteiger partial charge is 0.392 e. The maximum absolute atomic E-state index is 12.9. The number of aromatic nitrogens is 1. The van der Waals surface area contributed by atoms with E-state index in [4.69, 9.17) is 4.98 Å². The zero-order valence-corrected chi connectivity index (χ0v) is 17.3. The number of carbonyl (C=O) groups is 1. The highest BCUT2D eigenvalue weighted by Crippen LogP contribution is 2.57. The number of aryl methyl sites for hydroxylation is 1. The molecule has 6 unspecified atom stereocenters. The highest BCUT2D eigenvalue weighted by molar-refractivity contribution is 7.11. The van der Waals surface area contributed by atoms with Crippen molar-refractivity contribution < 1.29 is 9.90 Å². The van der Waals surface area contributed by atoms with Crippen molar-refractivity contribution in [1.82, 2.24) is 9.88 Å². The molecule has 1 saturated carbocycles. The van der Waals surface area contributed by atoms with Crippen molar-refractivity contribution in [2.45, 2.75) is 71.8 Å². The molecule has 1 N–H and O–H groups in total. The molecule has 0 aromatic carbocycles. The van der Waals surface area contributed by atoms with Gasteiger partial charge in [-0.3, -0.25) is 4.79 Å². The summed E-state index contributed by atoms with van der Waals surface area (Å²) in [6.07, 6.45) is 4.90. The average Bonchev–Trinajstić information content (AvgIpc) is 3.22. The van der Waals surface area contributed by atoms with Crippen LogP contribution in [-0.4, -0.2) is 40.1 Å². The van der Waals surface area contributed by atoms with Crippen molar-refractivity contribution in [2.24, 2.45) is 23.2 Å². The Morgan fingerprint density at radius 2 is 2.08 bits per heavy atom. The Morgan fingerprint density at radius 1 is 1.38 bits per heavy atom. The molecule has 3 aliphatic rings. The standard InChI is InChI=1S/C21H32N2O2S/c1-12(20(25)23-9-5-6-10-23)15-7-8-21(4)11-16-18(22-14(3)26-16)13(2)17(21)19(15)24/h12-13,15,17,19,24H,5-11H2,1-4H3. The summed E-state index contributed by atoms with van der Waals surface area (Å²) in [5.41, 5.74) is 1.32. The average molecular weight is 377 g/mol. The van der Waals surface area contributed by atoms with E-state index < -0.39 is 6.10 Å². The van der Waals surface area contributed by atoms with Gasteiger partial charge in [-0.2, -0.15) is 0 Å². The maximum atomic E-state index is 12.9. The van der Waals surface area contributed by atoms with Gasteiger partial charge in [0.05, 0.1) is 16.8 Å². The molecule has 0 radical (unpaired) electrons. The number of amides is 1. The van der Waals surface area contributed by atoms with E-state index in [1.165, 1.54) is 10.6 Å². The van der Waals surface area contributed by atoms with Crippen molar-refractivity contribution in [3.63, 3.8) is 0 Å². The first-order valence-corrected chi connectivity index (χ1v) is 11.1. The lowest BCUT2D eigenvalue weighted by Gasteiger charge is -2.53. The lowest BCUT2D eigenvalue weighted by Crippen LogP contribution is -2.53. The van der Waals surface area contributed by atoms with Crippen LogP contribution in [0.2, 0.25) is 0 Å². The van der Waals surface area contributed by atoms with Crippen molar-refractivity contribution >= 4 is 17.2 Å². The Labute approximate surface area is 161 Å². The number of aliphatic hydroxyl groups is 1. The van der Waals surface area contributed by atoms with Gasteiger partial charge in [-0.25, -0.2) is 4.98 Å². The molecule has 1 saturated heterocycles. The first kappa shape index (κ1) is 18.4. The van der Waals surface area contributed by atoms with Gasteiger partial charge in [-0.15, -0.1) is 11.3 Å². The summed E-state index contributed by atoms with van der Waals surface area (Å²) in [5, 5.41) is 12.5. The van der Waals surface area contributed by atoms with Crippen LogP contribution in [0.5, 0.6) is 0 Å². The van der Waals surface area contributed by atoms with E-state index in [1.807, 2.05) is 23.2 Å². The molecule has 6 atom stereocenters. The lowest BCUT2D eigenvalue weighted by atomic mass is 9.53. The number of rotatable bonds is 2. The summed E-state index contributed by atoms with van der Waals surface area (Å²) in [5.74, 6) is 0.705. The number of hydrogen-bond acceptors (Lipinski definition) is 4. The SMILES string of the molecule is Cc1nc2c(s1)CC1(C)CCC(C(C)C(=O)N3CCCC3)C(O)C1C2C. The second kappa shape index (κ2) is 6.59. The monoisotopic (exact) mass is 376 g/mol. The van der Waals surface area contributed by atoms with Crippen LogP contribution in [0.15, 0.2) is 0 Å². The fourth-order valence-corrected chi connectivity index (χ4v) is 7.32. The van der Waals surface area contributed by atoms with Gasteiger partial charge in [-0.05, 0) is 56.3 Å². The zero-order valence-electron chi connectivity index (χ0n) is 16.5. The molecule has 1 aliphatic heterocycles. The van der Waals surface area contributed by atoms with E-state index in [9.17, 15) is 9.90 Å². The van der Waals surface area contributed by atoms with Gasteiger partial charge >= 0.3 is 0 Å². The molecular formula is C21H32N2O2S. The maximum Gasteiger partial charge on any atom is 0.225 e. The summed E-state index contributed by atoms with van der Waals surface area (Å²) < 4.78 is 0. The third kappa shape index (κ3) is 2.82. The summed E-state index contributed by atoms with van der Waals surface area (Å²) >= 11 is 1.82. The van der Waals surface area contributed by atoms with Gasteiger partial charge in [0.2, 0.25) is 5.91 Å². The Hall–Kier alpha value is -0.940. The normalized spacial score (nSPS) is 38.0. The molecule has 144 valence electrons. The van der Waals surface area contributed by atoms with Crippen LogP contribution in [0.1, 0.15) is 68.0 Å². The van der Waals surface area contributed by atoms with Crippen molar-refractivity contribution in [3.8, 4) is 0 Å². The summed E-state index contributed by atoms with van der Waals surface area (Å²) in [6, 6.07) is 0. The van der Waals surface area contributed by atoms with Crippen molar-refractivity contribution in [1.29, 1.82) is 0 Å². The molecule has 2 fully saturated rings. The van der Waals surface area contributed by atoms with Gasteiger partial charge in [0.25, 0.3) is 0 Å². The van der Waals surface area contributed by atoms with E-state index in [1.54, 1.807) is 0 Å². The van der Waals surface area contributed by atoms with E-state index >= 15 is 0 Å². The van der Waals surface area contributed by atoms with Crippen LogP contribution in [0.4, 0.5) is 0 Å². The molecule has 4 nitrogen and oxygen atoms in total. The Morgan fingerprint density at radius 3 is 2.77 bits per heavy atom. The number of nitrogens with zero attached hydrogens (tertiary/aromatic N) is 2. The van der Waals surface area contributed by atoms with Gasteiger partial charge in [0.15, 0.2) is 0 Å². The molecule has 4 rings (SSSR count). The predicted octanol–water partition coefficient (Wildman–Crippen LogP) is 3.76. The topological polar surface area (TPSA) is 53.4 Å². The molecule has 1 aromatic heterocycles. The van der Waals surface area contributed by atoms with Gasteiger partial charge in [0.1, 0.15) is 0 Å². The van der Waals surface area contributed by atoms with Crippen LogP contribution < -0.4 is 0 Å². The summed E-state index contributed by atoms with van der Waals surface area (Å²) in [4.78, 5) is 21.1. The highest BCUT2D eigenvalue weighted by atomic mass is 32.1. The number of thiazole rings is 1. The third-order valence-electron chi connectivity index (χ3n) is 7.48. The first-order chi connectivity index (χ1) is 12.3. The molecule has 5 heteroatoms. The molecule has 0 spiro atoms. The van der Waals surface area contributed by atoms with Gasteiger partial charge < -0.3 is 10.0 Å². The number of hydrogen-bond donors (Lipinski definition) is 1. The van der Waals surface area contributed by atoms with Crippen LogP contribution in [0.3, 0.4) is 0 Å². The van der Waals surface area contributed by atoms with E-state index in [2.05, 4.69) is 20.8 Å². The highest BCUT2D eigenvalue weighted by Gasteiger charge is 2.54. The van der Waals surface area contributed by atoms with E-state index in [-0.39, 0.29) is 35.0 Å². The lowest BCUT2D eigenvalue weighted by molar-refractivity contribution is -0.143. The quantitative estimate of drug-likeness (QED) is 0.855. The minimum atomic E-state index is -0.416. The molecule has 26 heavy (non-hydrogen) atoms. The molecule has 0 bridgehead atoms. The molecule has 1 aromatic rings. The number of carbonyl (C=O) groups excluding carboxylic acids is 1. The van der Waals surface area contributed by atoms with Crippen LogP contribution in [0, 0.1) is 30.1 Å². The fraction of sp³-hybridized carbons (Fsp3) is 0.810. The van der Waals surface area contributed by atoms with Gasteiger partial charge in [0, 0.05) is 29.8 Å². The third-order valence-corrected chi connectivity index (χ3v) is 8.47. The summed E-state index contributed by atoms with van der Waals surface area (Å²) in [7, 11) is 0. The minimum absolute atomic E-state index is 0.0740. The van der Waals surface area contributed by atoms with E-state index in [0.717, 1.165) is 50.2 Å². The van der Waals surface area contributed by atoms with Crippen LogP contribution in [-0.2, 0) is 11.2 Å². The smallest absolute Gasteiger partial charge is 0.225 e. The predicted molar refractivity (Wildman–Crippen MR) is 104 cm³/mol. The number of likely N-dealkylation sites (tertiary alicyclic amines) is 1. The Kier molecular flexibility index (Phi) is 4.67. The second-order valence-electron chi connectivity index (χ2n) is 9.20. The Bertz CT molecular complexity index is 696. The van der Waals surface area contributed by atoms with Crippen LogP contribution in [0.25, 0.3) is 0 Å². The second-order valence-corrected chi connectivity index (χ2v) is 10.5. The molecule has 2 heterocycles.